The average Bonchev–Trinajstić information content (AvgIpc) is 2.47. The van der Waals surface area contributed by atoms with Crippen molar-refractivity contribution in [1.82, 2.24) is 0 Å². The van der Waals surface area contributed by atoms with Gasteiger partial charge in [0, 0.05) is 11.3 Å². The molecule has 100 valence electrons. The molecule has 0 atom stereocenters. The van der Waals surface area contributed by atoms with Gasteiger partial charge in [0.25, 0.3) is 0 Å². The van der Waals surface area contributed by atoms with E-state index < -0.39 is 0 Å². The molecule has 0 fully saturated rings. The van der Waals surface area contributed by atoms with Crippen LogP contribution in [0.4, 0.5) is 5.69 Å². The normalized spacial score (nSPS) is 9.85. The molecule has 0 aliphatic rings. The van der Waals surface area contributed by atoms with Crippen LogP contribution >= 0.6 is 0 Å². The van der Waals surface area contributed by atoms with Gasteiger partial charge in [-0.05, 0) is 43.7 Å². The smallest absolute Gasteiger partial charge is 0.182 e. The molecule has 0 saturated heterocycles. The zero-order valence-corrected chi connectivity index (χ0v) is 11.6. The number of ketones is 1. The molecule has 0 aliphatic carbocycles. The number of benzene rings is 2. The summed E-state index contributed by atoms with van der Waals surface area (Å²) in [5.74, 6) is 0.0496. The summed E-state index contributed by atoms with van der Waals surface area (Å²) in [5.41, 5.74) is 4.16. The Morgan fingerprint density at radius 2 is 2.00 bits per heavy atom. The highest BCUT2D eigenvalue weighted by Gasteiger charge is 2.09. The van der Waals surface area contributed by atoms with Crippen molar-refractivity contribution in [2.24, 2.45) is 0 Å². The average molecular weight is 264 g/mol. The van der Waals surface area contributed by atoms with Crippen molar-refractivity contribution >= 4 is 11.5 Å². The number of anilines is 1. The first kappa shape index (κ1) is 13.8. The molecule has 1 N–H and O–H groups in total. The molecular formula is C17H16N2O. The lowest BCUT2D eigenvalue weighted by molar-refractivity contribution is 0.101. The third kappa shape index (κ3) is 3.24. The molecular weight excluding hydrogens is 248 g/mol. The molecule has 0 spiro atoms. The number of hydrogen-bond donors (Lipinski definition) is 1. The van der Waals surface area contributed by atoms with E-state index in [-0.39, 0.29) is 12.3 Å². The van der Waals surface area contributed by atoms with Gasteiger partial charge in [0.05, 0.1) is 18.2 Å². The maximum Gasteiger partial charge on any atom is 0.182 e. The Labute approximate surface area is 118 Å². The topological polar surface area (TPSA) is 52.9 Å². The van der Waals surface area contributed by atoms with Crippen molar-refractivity contribution in [2.45, 2.75) is 13.8 Å². The van der Waals surface area contributed by atoms with Crippen LogP contribution in [0.2, 0.25) is 0 Å². The van der Waals surface area contributed by atoms with E-state index in [9.17, 15) is 4.79 Å². The zero-order chi connectivity index (χ0) is 14.5. The second kappa shape index (κ2) is 6.03. The summed E-state index contributed by atoms with van der Waals surface area (Å²) in [7, 11) is 0. The molecule has 0 bridgehead atoms. The fourth-order valence-corrected chi connectivity index (χ4v) is 2.01. The zero-order valence-electron chi connectivity index (χ0n) is 11.6. The van der Waals surface area contributed by atoms with E-state index in [0.29, 0.717) is 5.56 Å². The van der Waals surface area contributed by atoms with Crippen molar-refractivity contribution in [3.63, 3.8) is 0 Å². The maximum atomic E-state index is 12.2. The molecule has 20 heavy (non-hydrogen) atoms. The third-order valence-corrected chi connectivity index (χ3v) is 3.14. The molecule has 0 heterocycles. The minimum absolute atomic E-state index is 0.0496. The highest BCUT2D eigenvalue weighted by atomic mass is 16.1. The molecule has 0 amide bonds. The number of aryl methyl sites for hydroxylation is 2. The largest absolute Gasteiger partial charge is 0.378 e. The highest BCUT2D eigenvalue weighted by molar-refractivity contribution is 6.00. The standard InChI is InChI=1S/C17H16N2O/c1-12-6-7-13(2)16(8-12)17(20)11-19-15-5-3-4-14(9-15)10-18/h3-9,19H,11H2,1-2H3. The predicted octanol–water partition coefficient (Wildman–Crippen LogP) is 3.47. The number of carbonyl (C=O) groups is 1. The lowest BCUT2D eigenvalue weighted by Gasteiger charge is -2.09. The van der Waals surface area contributed by atoms with Crippen LogP contribution < -0.4 is 5.32 Å². The van der Waals surface area contributed by atoms with Gasteiger partial charge in [-0.25, -0.2) is 0 Å². The van der Waals surface area contributed by atoms with Gasteiger partial charge in [-0.2, -0.15) is 5.26 Å². The Kier molecular flexibility index (Phi) is 4.17. The Morgan fingerprint density at radius 1 is 1.20 bits per heavy atom. The van der Waals surface area contributed by atoms with Gasteiger partial charge in [-0.1, -0.05) is 23.8 Å². The van der Waals surface area contributed by atoms with Gasteiger partial charge < -0.3 is 5.32 Å². The van der Waals surface area contributed by atoms with Crippen LogP contribution in [-0.2, 0) is 0 Å². The summed E-state index contributed by atoms with van der Waals surface area (Å²) < 4.78 is 0. The van der Waals surface area contributed by atoms with Crippen LogP contribution in [0.1, 0.15) is 27.0 Å². The monoisotopic (exact) mass is 264 g/mol. The van der Waals surface area contributed by atoms with E-state index in [0.717, 1.165) is 22.4 Å². The van der Waals surface area contributed by atoms with E-state index in [4.69, 9.17) is 5.26 Å². The first-order chi connectivity index (χ1) is 9.60. The van der Waals surface area contributed by atoms with Crippen molar-refractivity contribution < 1.29 is 4.79 Å². The molecule has 3 nitrogen and oxygen atoms in total. The van der Waals surface area contributed by atoms with Gasteiger partial charge in [0.15, 0.2) is 5.78 Å². The summed E-state index contributed by atoms with van der Waals surface area (Å²) in [6.07, 6.45) is 0. The molecule has 0 aromatic heterocycles. The molecule has 0 aliphatic heterocycles. The predicted molar refractivity (Wildman–Crippen MR) is 79.9 cm³/mol. The third-order valence-electron chi connectivity index (χ3n) is 3.14. The van der Waals surface area contributed by atoms with Gasteiger partial charge in [0.1, 0.15) is 0 Å². The molecule has 0 saturated carbocycles. The molecule has 3 heteroatoms. The van der Waals surface area contributed by atoms with E-state index >= 15 is 0 Å². The highest BCUT2D eigenvalue weighted by Crippen LogP contribution is 2.13. The second-order valence-corrected chi connectivity index (χ2v) is 4.79. The van der Waals surface area contributed by atoms with E-state index in [1.165, 1.54) is 0 Å². The summed E-state index contributed by atoms with van der Waals surface area (Å²) in [4.78, 5) is 12.2. The first-order valence-corrected chi connectivity index (χ1v) is 6.44. The Morgan fingerprint density at radius 3 is 2.75 bits per heavy atom. The van der Waals surface area contributed by atoms with Gasteiger partial charge in [0.2, 0.25) is 0 Å². The molecule has 2 aromatic rings. The SMILES string of the molecule is Cc1ccc(C)c(C(=O)CNc2cccc(C#N)c2)c1. The fraction of sp³-hybridized carbons (Fsp3) is 0.176. The Balaban J connectivity index is 2.09. The number of rotatable bonds is 4. The van der Waals surface area contributed by atoms with Crippen molar-refractivity contribution in [2.75, 3.05) is 11.9 Å². The lowest BCUT2D eigenvalue weighted by atomic mass is 10.0. The summed E-state index contributed by atoms with van der Waals surface area (Å²) in [6, 6.07) is 15.0. The van der Waals surface area contributed by atoms with Crippen molar-refractivity contribution in [1.29, 1.82) is 5.26 Å². The fourth-order valence-electron chi connectivity index (χ4n) is 2.01. The number of nitrogens with one attached hydrogen (secondary N) is 1. The maximum absolute atomic E-state index is 12.2. The van der Waals surface area contributed by atoms with Gasteiger partial charge >= 0.3 is 0 Å². The van der Waals surface area contributed by atoms with Gasteiger partial charge in [-0.3, -0.25) is 4.79 Å². The lowest BCUT2D eigenvalue weighted by Crippen LogP contribution is -2.15. The summed E-state index contributed by atoms with van der Waals surface area (Å²) >= 11 is 0. The number of nitriles is 1. The minimum Gasteiger partial charge on any atom is -0.378 e. The van der Waals surface area contributed by atoms with Crippen LogP contribution in [0.3, 0.4) is 0 Å². The minimum atomic E-state index is 0.0496. The number of hydrogen-bond acceptors (Lipinski definition) is 3. The van der Waals surface area contributed by atoms with E-state index in [2.05, 4.69) is 11.4 Å². The van der Waals surface area contributed by atoms with Crippen LogP contribution in [0.15, 0.2) is 42.5 Å². The molecule has 0 radical (unpaired) electrons. The van der Waals surface area contributed by atoms with Crippen LogP contribution in [0, 0.1) is 25.2 Å². The number of carbonyl (C=O) groups excluding carboxylic acids is 1. The van der Waals surface area contributed by atoms with Gasteiger partial charge in [-0.15, -0.1) is 0 Å². The van der Waals surface area contributed by atoms with Crippen LogP contribution in [0.25, 0.3) is 0 Å². The van der Waals surface area contributed by atoms with Crippen molar-refractivity contribution in [3.05, 3.63) is 64.7 Å². The Bertz CT molecular complexity index is 684. The number of nitrogens with zero attached hydrogens (tertiary/aromatic N) is 1. The molecule has 2 aromatic carbocycles. The van der Waals surface area contributed by atoms with E-state index in [1.807, 2.05) is 38.1 Å². The summed E-state index contributed by atoms with van der Waals surface area (Å²) in [5, 5.41) is 11.9. The second-order valence-electron chi connectivity index (χ2n) is 4.79. The first-order valence-electron chi connectivity index (χ1n) is 6.44. The molecule has 0 unspecified atom stereocenters. The van der Waals surface area contributed by atoms with E-state index in [1.54, 1.807) is 18.2 Å². The summed E-state index contributed by atoms with van der Waals surface area (Å²) in [6.45, 7) is 4.13. The van der Waals surface area contributed by atoms with Crippen LogP contribution in [-0.4, -0.2) is 12.3 Å². The van der Waals surface area contributed by atoms with Crippen LogP contribution in [0.5, 0.6) is 0 Å². The molecule has 2 rings (SSSR count). The van der Waals surface area contributed by atoms with Crippen molar-refractivity contribution in [3.8, 4) is 6.07 Å². The quantitative estimate of drug-likeness (QED) is 0.860. The Hall–Kier alpha value is -2.60. The number of Topliss-reactive ketones (excluding diaryl/α,β-unsaturated/α-hetero) is 1.